The van der Waals surface area contributed by atoms with Crippen molar-refractivity contribution in [1.29, 1.82) is 0 Å². The molecule has 0 N–H and O–H groups in total. The Hall–Kier alpha value is -2.40. The lowest BCUT2D eigenvalue weighted by Crippen LogP contribution is -2.39. The molecule has 3 heterocycles. The van der Waals surface area contributed by atoms with Crippen molar-refractivity contribution in [2.75, 3.05) is 6.54 Å². The first-order valence-corrected chi connectivity index (χ1v) is 9.56. The van der Waals surface area contributed by atoms with Gasteiger partial charge in [-0.2, -0.15) is 5.10 Å². The molecule has 3 aromatic rings. The van der Waals surface area contributed by atoms with Gasteiger partial charge in [-0.3, -0.25) is 4.79 Å². The fraction of sp³-hybridized carbons (Fsp3) is 0.300. The third-order valence-corrected chi connectivity index (χ3v) is 5.98. The molecular weight excluding hydrogens is 330 g/mol. The highest BCUT2D eigenvalue weighted by Crippen LogP contribution is 2.36. The minimum absolute atomic E-state index is 0.0865. The molecule has 0 fully saturated rings. The van der Waals surface area contributed by atoms with Crippen LogP contribution >= 0.6 is 11.3 Å². The molecule has 1 aromatic carbocycles. The van der Waals surface area contributed by atoms with Gasteiger partial charge < -0.3 is 4.90 Å². The molecule has 1 amide bonds. The summed E-state index contributed by atoms with van der Waals surface area (Å²) in [5.41, 5.74) is 3.88. The molecule has 1 atom stereocenters. The Morgan fingerprint density at radius 1 is 1.28 bits per heavy atom. The number of carbonyl (C=O) groups excluding carboxylic acids is 1. The topological polar surface area (TPSA) is 38.1 Å². The van der Waals surface area contributed by atoms with Crippen LogP contribution in [0.25, 0.3) is 5.69 Å². The van der Waals surface area contributed by atoms with Crippen molar-refractivity contribution in [3.8, 4) is 5.69 Å². The number of carbonyl (C=O) groups is 1. The van der Waals surface area contributed by atoms with Crippen LogP contribution in [0.4, 0.5) is 0 Å². The van der Waals surface area contributed by atoms with Crippen molar-refractivity contribution in [3.05, 3.63) is 69.7 Å². The van der Waals surface area contributed by atoms with Gasteiger partial charge in [0.2, 0.25) is 0 Å². The first-order chi connectivity index (χ1) is 12.2. The fourth-order valence-corrected chi connectivity index (χ4v) is 4.61. The van der Waals surface area contributed by atoms with Gasteiger partial charge in [-0.25, -0.2) is 4.68 Å². The number of thiophene rings is 1. The zero-order valence-corrected chi connectivity index (χ0v) is 15.3. The maximum Gasteiger partial charge on any atom is 0.257 e. The normalized spacial score (nSPS) is 16.7. The lowest BCUT2D eigenvalue weighted by atomic mass is 9.97. The Bertz CT molecular complexity index is 897. The highest BCUT2D eigenvalue weighted by Gasteiger charge is 2.32. The SMILES string of the molecule is CCC1c2ccsc2CCN1C(=O)c1cnn(-c2ccccc2)c1C. The molecule has 4 nitrogen and oxygen atoms in total. The van der Waals surface area contributed by atoms with Crippen LogP contribution in [0.3, 0.4) is 0 Å². The van der Waals surface area contributed by atoms with Gasteiger partial charge in [0, 0.05) is 11.4 Å². The van der Waals surface area contributed by atoms with Crippen molar-refractivity contribution < 1.29 is 4.79 Å². The molecule has 0 aliphatic carbocycles. The molecule has 0 spiro atoms. The van der Waals surface area contributed by atoms with E-state index in [9.17, 15) is 4.79 Å². The molecular formula is C20H21N3OS. The molecule has 25 heavy (non-hydrogen) atoms. The molecule has 0 radical (unpaired) electrons. The zero-order valence-electron chi connectivity index (χ0n) is 14.5. The minimum Gasteiger partial charge on any atom is -0.331 e. The van der Waals surface area contributed by atoms with Crippen LogP contribution < -0.4 is 0 Å². The number of hydrogen-bond donors (Lipinski definition) is 0. The van der Waals surface area contributed by atoms with Gasteiger partial charge in [-0.1, -0.05) is 25.1 Å². The van der Waals surface area contributed by atoms with Gasteiger partial charge in [0.05, 0.1) is 29.2 Å². The maximum atomic E-state index is 13.2. The van der Waals surface area contributed by atoms with Crippen LogP contribution in [0.5, 0.6) is 0 Å². The lowest BCUT2D eigenvalue weighted by molar-refractivity contribution is 0.0656. The summed E-state index contributed by atoms with van der Waals surface area (Å²) in [6.45, 7) is 4.90. The summed E-state index contributed by atoms with van der Waals surface area (Å²) >= 11 is 1.80. The second kappa shape index (κ2) is 6.48. The second-order valence-corrected chi connectivity index (χ2v) is 7.36. The molecule has 128 valence electrons. The Kier molecular flexibility index (Phi) is 4.17. The van der Waals surface area contributed by atoms with Gasteiger partial charge in [0.15, 0.2) is 0 Å². The van der Waals surface area contributed by atoms with E-state index in [0.29, 0.717) is 5.56 Å². The summed E-state index contributed by atoms with van der Waals surface area (Å²) < 4.78 is 1.84. The van der Waals surface area contributed by atoms with E-state index in [0.717, 1.165) is 30.8 Å². The third kappa shape index (κ3) is 2.68. The number of nitrogens with zero attached hydrogens (tertiary/aromatic N) is 3. The van der Waals surface area contributed by atoms with Crippen LogP contribution in [-0.2, 0) is 6.42 Å². The van der Waals surface area contributed by atoms with E-state index in [1.54, 1.807) is 17.5 Å². The predicted octanol–water partition coefficient (Wildman–Crippen LogP) is 4.39. The van der Waals surface area contributed by atoms with Gasteiger partial charge >= 0.3 is 0 Å². The summed E-state index contributed by atoms with van der Waals surface area (Å²) in [7, 11) is 0. The fourth-order valence-electron chi connectivity index (χ4n) is 3.68. The third-order valence-electron chi connectivity index (χ3n) is 4.98. The monoisotopic (exact) mass is 351 g/mol. The largest absolute Gasteiger partial charge is 0.331 e. The molecule has 1 aliphatic heterocycles. The van der Waals surface area contributed by atoms with E-state index in [2.05, 4.69) is 23.5 Å². The standard InChI is InChI=1S/C20H21N3OS/c1-3-18-16-10-12-25-19(16)9-11-22(18)20(24)17-13-21-23(14(17)2)15-7-5-4-6-8-15/h4-8,10,12-13,18H,3,9,11H2,1-2H3. The summed E-state index contributed by atoms with van der Waals surface area (Å²) in [5.74, 6) is 0.0865. The van der Waals surface area contributed by atoms with E-state index >= 15 is 0 Å². The molecule has 4 rings (SSSR count). The summed E-state index contributed by atoms with van der Waals surface area (Å²) in [6, 6.07) is 12.3. The zero-order chi connectivity index (χ0) is 17.4. The highest BCUT2D eigenvalue weighted by molar-refractivity contribution is 7.10. The number of fused-ring (bicyclic) bond motifs is 1. The van der Waals surface area contributed by atoms with E-state index < -0.39 is 0 Å². The molecule has 0 saturated heterocycles. The number of aromatic nitrogens is 2. The number of amides is 1. The molecule has 0 bridgehead atoms. The molecule has 0 saturated carbocycles. The van der Waals surface area contributed by atoms with Gasteiger partial charge in [0.25, 0.3) is 5.91 Å². The van der Waals surface area contributed by atoms with Crippen LogP contribution in [-0.4, -0.2) is 27.1 Å². The number of benzene rings is 1. The maximum absolute atomic E-state index is 13.2. The van der Waals surface area contributed by atoms with Crippen LogP contribution in [0.2, 0.25) is 0 Å². The van der Waals surface area contributed by atoms with E-state index in [-0.39, 0.29) is 11.9 Å². The number of rotatable bonds is 3. The smallest absolute Gasteiger partial charge is 0.257 e. The first kappa shape index (κ1) is 16.1. The Morgan fingerprint density at radius 3 is 2.84 bits per heavy atom. The first-order valence-electron chi connectivity index (χ1n) is 8.68. The van der Waals surface area contributed by atoms with Crippen molar-refractivity contribution in [1.82, 2.24) is 14.7 Å². The second-order valence-electron chi connectivity index (χ2n) is 6.36. The Morgan fingerprint density at radius 2 is 2.08 bits per heavy atom. The van der Waals surface area contributed by atoms with Crippen molar-refractivity contribution in [3.63, 3.8) is 0 Å². The predicted molar refractivity (Wildman–Crippen MR) is 100 cm³/mol. The van der Waals surface area contributed by atoms with Crippen molar-refractivity contribution in [2.24, 2.45) is 0 Å². The minimum atomic E-state index is 0.0865. The quantitative estimate of drug-likeness (QED) is 0.702. The average Bonchev–Trinajstić information content (AvgIpc) is 3.27. The van der Waals surface area contributed by atoms with E-state index in [1.165, 1.54) is 10.4 Å². The molecule has 1 unspecified atom stereocenters. The van der Waals surface area contributed by atoms with Crippen LogP contribution in [0.15, 0.2) is 48.0 Å². The number of para-hydroxylation sites is 1. The van der Waals surface area contributed by atoms with E-state index in [1.807, 2.05) is 46.8 Å². The highest BCUT2D eigenvalue weighted by atomic mass is 32.1. The molecule has 5 heteroatoms. The Labute approximate surface area is 151 Å². The molecule has 2 aromatic heterocycles. The van der Waals surface area contributed by atoms with Gasteiger partial charge in [-0.05, 0) is 48.9 Å². The van der Waals surface area contributed by atoms with E-state index in [4.69, 9.17) is 0 Å². The van der Waals surface area contributed by atoms with Crippen molar-refractivity contribution in [2.45, 2.75) is 32.7 Å². The number of hydrogen-bond acceptors (Lipinski definition) is 3. The molecule has 1 aliphatic rings. The summed E-state index contributed by atoms with van der Waals surface area (Å²) in [4.78, 5) is 16.7. The lowest BCUT2D eigenvalue weighted by Gasteiger charge is -2.35. The Balaban J connectivity index is 1.67. The van der Waals surface area contributed by atoms with Gasteiger partial charge in [-0.15, -0.1) is 11.3 Å². The van der Waals surface area contributed by atoms with Crippen LogP contribution in [0.1, 0.15) is 45.9 Å². The van der Waals surface area contributed by atoms with Gasteiger partial charge in [0.1, 0.15) is 0 Å². The van der Waals surface area contributed by atoms with Crippen molar-refractivity contribution >= 4 is 17.2 Å². The summed E-state index contributed by atoms with van der Waals surface area (Å²) in [5, 5.41) is 6.60. The van der Waals surface area contributed by atoms with Crippen LogP contribution in [0, 0.1) is 6.92 Å². The average molecular weight is 351 g/mol. The summed E-state index contributed by atoms with van der Waals surface area (Å²) in [6.07, 6.45) is 3.59.